The highest BCUT2D eigenvalue weighted by atomic mass is 16.6. The number of nitro groups is 1. The van der Waals surface area contributed by atoms with Crippen LogP contribution in [-0.4, -0.2) is 30.2 Å². The van der Waals surface area contributed by atoms with Crippen molar-refractivity contribution in [3.63, 3.8) is 0 Å². The van der Waals surface area contributed by atoms with Gasteiger partial charge < -0.3 is 9.73 Å². The van der Waals surface area contributed by atoms with Crippen molar-refractivity contribution in [2.24, 2.45) is 0 Å². The number of rotatable bonds is 2. The third-order valence-corrected chi connectivity index (χ3v) is 3.65. The maximum Gasteiger partial charge on any atom is 0.269 e. The molecule has 0 unspecified atom stereocenters. The Balaban J connectivity index is 1.83. The van der Waals surface area contributed by atoms with Gasteiger partial charge in [-0.05, 0) is 12.1 Å². The second-order valence-electron chi connectivity index (χ2n) is 4.89. The van der Waals surface area contributed by atoms with Crippen LogP contribution < -0.4 is 0 Å². The van der Waals surface area contributed by atoms with E-state index >= 15 is 0 Å². The summed E-state index contributed by atoms with van der Waals surface area (Å²) < 4.78 is 6.04. The van der Waals surface area contributed by atoms with Crippen molar-refractivity contribution in [2.45, 2.75) is 12.8 Å². The zero-order valence-corrected chi connectivity index (χ0v) is 11.1. The summed E-state index contributed by atoms with van der Waals surface area (Å²) in [7, 11) is 0. The molecule has 0 amide bonds. The lowest BCUT2D eigenvalue weighted by atomic mass is 10.0. The minimum atomic E-state index is -0.479. The second kappa shape index (κ2) is 4.38. The SMILES string of the molecule is O=[N+]([O-])c1ccc(-c2nc3c(n2O)CCc2onnc2-3)cc1. The van der Waals surface area contributed by atoms with Gasteiger partial charge in [-0.2, -0.15) is 4.73 Å². The molecule has 110 valence electrons. The molecule has 1 aliphatic carbocycles. The van der Waals surface area contributed by atoms with Crippen LogP contribution in [0.2, 0.25) is 0 Å². The number of hydrogen-bond acceptors (Lipinski definition) is 7. The van der Waals surface area contributed by atoms with E-state index in [1.165, 1.54) is 12.1 Å². The first-order valence-electron chi connectivity index (χ1n) is 6.52. The molecule has 3 aromatic rings. The van der Waals surface area contributed by atoms with Crippen LogP contribution in [0.3, 0.4) is 0 Å². The Labute approximate surface area is 122 Å². The van der Waals surface area contributed by atoms with Crippen molar-refractivity contribution in [1.29, 1.82) is 0 Å². The minimum absolute atomic E-state index is 0.0208. The molecule has 1 aromatic carbocycles. The predicted molar refractivity (Wildman–Crippen MR) is 72.2 cm³/mol. The van der Waals surface area contributed by atoms with Gasteiger partial charge in [0.05, 0.1) is 10.6 Å². The van der Waals surface area contributed by atoms with E-state index in [0.717, 1.165) is 4.73 Å². The van der Waals surface area contributed by atoms with Crippen LogP contribution in [-0.2, 0) is 12.8 Å². The number of hydrogen-bond donors (Lipinski definition) is 1. The van der Waals surface area contributed by atoms with Gasteiger partial charge in [-0.3, -0.25) is 10.1 Å². The van der Waals surface area contributed by atoms with Crippen LogP contribution in [0.4, 0.5) is 5.69 Å². The molecule has 4 rings (SSSR count). The summed E-state index contributed by atoms with van der Waals surface area (Å²) in [6, 6.07) is 5.82. The average molecular weight is 299 g/mol. The van der Waals surface area contributed by atoms with E-state index < -0.39 is 4.92 Å². The quantitative estimate of drug-likeness (QED) is 0.435. The van der Waals surface area contributed by atoms with Crippen LogP contribution in [0.1, 0.15) is 11.5 Å². The monoisotopic (exact) mass is 299 g/mol. The largest absolute Gasteiger partial charge is 0.427 e. The van der Waals surface area contributed by atoms with Crippen molar-refractivity contribution in [3.05, 3.63) is 45.8 Å². The fourth-order valence-electron chi connectivity index (χ4n) is 2.56. The summed E-state index contributed by atoms with van der Waals surface area (Å²) in [5.74, 6) is 0.941. The van der Waals surface area contributed by atoms with E-state index in [1.807, 2.05) is 0 Å². The lowest BCUT2D eigenvalue weighted by Crippen LogP contribution is -2.07. The fraction of sp³-hybridized carbons (Fsp3) is 0.154. The number of aryl methyl sites for hydroxylation is 1. The Hall–Kier alpha value is -3.23. The third-order valence-electron chi connectivity index (χ3n) is 3.65. The van der Waals surface area contributed by atoms with Crippen LogP contribution >= 0.6 is 0 Å². The zero-order valence-electron chi connectivity index (χ0n) is 11.1. The Morgan fingerprint density at radius 1 is 1.23 bits per heavy atom. The molecule has 0 atom stereocenters. The zero-order chi connectivity index (χ0) is 15.3. The van der Waals surface area contributed by atoms with Gasteiger partial charge in [0.2, 0.25) is 0 Å². The molecular weight excluding hydrogens is 290 g/mol. The van der Waals surface area contributed by atoms with Gasteiger partial charge in [0, 0.05) is 35.8 Å². The van der Waals surface area contributed by atoms with Gasteiger partial charge in [0.15, 0.2) is 17.3 Å². The molecule has 0 radical (unpaired) electrons. The number of aromatic nitrogens is 4. The van der Waals surface area contributed by atoms with E-state index in [1.54, 1.807) is 12.1 Å². The highest BCUT2D eigenvalue weighted by Crippen LogP contribution is 2.34. The van der Waals surface area contributed by atoms with Gasteiger partial charge >= 0.3 is 0 Å². The second-order valence-corrected chi connectivity index (χ2v) is 4.89. The number of non-ortho nitro benzene ring substituents is 1. The maximum absolute atomic E-state index is 10.7. The molecule has 22 heavy (non-hydrogen) atoms. The van der Waals surface area contributed by atoms with E-state index in [4.69, 9.17) is 4.52 Å². The lowest BCUT2D eigenvalue weighted by Gasteiger charge is -2.08. The van der Waals surface area contributed by atoms with Crippen LogP contribution in [0.25, 0.3) is 22.8 Å². The summed E-state index contributed by atoms with van der Waals surface area (Å²) in [4.78, 5) is 14.6. The van der Waals surface area contributed by atoms with E-state index in [0.29, 0.717) is 47.1 Å². The molecule has 2 aromatic heterocycles. The Kier molecular flexibility index (Phi) is 2.49. The fourth-order valence-corrected chi connectivity index (χ4v) is 2.56. The predicted octanol–water partition coefficient (Wildman–Crippen LogP) is 1.84. The summed E-state index contributed by atoms with van der Waals surface area (Å²) in [5, 5.41) is 28.4. The molecule has 2 heterocycles. The maximum atomic E-state index is 10.7. The topological polar surface area (TPSA) is 120 Å². The highest BCUT2D eigenvalue weighted by Gasteiger charge is 2.29. The number of nitrogens with zero attached hydrogens (tertiary/aromatic N) is 5. The van der Waals surface area contributed by atoms with Gasteiger partial charge in [-0.25, -0.2) is 4.98 Å². The van der Waals surface area contributed by atoms with E-state index in [9.17, 15) is 15.3 Å². The van der Waals surface area contributed by atoms with Gasteiger partial charge in [0.1, 0.15) is 5.69 Å². The molecule has 1 N–H and O–H groups in total. The number of imidazole rings is 1. The van der Waals surface area contributed by atoms with Crippen molar-refractivity contribution in [2.75, 3.05) is 0 Å². The van der Waals surface area contributed by atoms with Crippen molar-refractivity contribution in [3.8, 4) is 22.8 Å². The average Bonchev–Trinajstić information content (AvgIpc) is 3.12. The molecule has 0 saturated heterocycles. The summed E-state index contributed by atoms with van der Waals surface area (Å²) in [5.41, 5.74) is 2.22. The third kappa shape index (κ3) is 1.68. The van der Waals surface area contributed by atoms with E-state index in [-0.39, 0.29) is 5.69 Å². The van der Waals surface area contributed by atoms with Gasteiger partial charge in [-0.1, -0.05) is 0 Å². The molecule has 0 spiro atoms. The van der Waals surface area contributed by atoms with E-state index in [2.05, 4.69) is 15.4 Å². The number of fused-ring (bicyclic) bond motifs is 3. The van der Waals surface area contributed by atoms with Crippen molar-refractivity contribution in [1.82, 2.24) is 20.1 Å². The van der Waals surface area contributed by atoms with Crippen LogP contribution in [0, 0.1) is 10.1 Å². The molecular formula is C13H9N5O4. The summed E-state index contributed by atoms with van der Waals surface area (Å²) >= 11 is 0. The normalized spacial score (nSPS) is 12.7. The van der Waals surface area contributed by atoms with Gasteiger partial charge in [0.25, 0.3) is 5.69 Å². The lowest BCUT2D eigenvalue weighted by molar-refractivity contribution is -0.384. The van der Waals surface area contributed by atoms with Gasteiger partial charge in [-0.15, -0.1) is 5.10 Å². The minimum Gasteiger partial charge on any atom is -0.427 e. The molecule has 0 aliphatic heterocycles. The first kappa shape index (κ1) is 12.5. The Morgan fingerprint density at radius 2 is 2.00 bits per heavy atom. The van der Waals surface area contributed by atoms with Crippen LogP contribution in [0.5, 0.6) is 0 Å². The first-order chi connectivity index (χ1) is 10.6. The molecule has 9 nitrogen and oxygen atoms in total. The summed E-state index contributed by atoms with van der Waals surface area (Å²) in [6.45, 7) is 0. The first-order valence-corrected chi connectivity index (χ1v) is 6.52. The molecule has 0 fully saturated rings. The molecule has 1 aliphatic rings. The van der Waals surface area contributed by atoms with Crippen LogP contribution in [0.15, 0.2) is 28.8 Å². The molecule has 0 bridgehead atoms. The molecule has 9 heteroatoms. The summed E-state index contributed by atoms with van der Waals surface area (Å²) in [6.07, 6.45) is 1.14. The van der Waals surface area contributed by atoms with Crippen molar-refractivity contribution < 1.29 is 14.7 Å². The smallest absolute Gasteiger partial charge is 0.269 e. The van der Waals surface area contributed by atoms with Crippen molar-refractivity contribution >= 4 is 5.69 Å². The number of benzene rings is 1. The number of nitro benzene ring substituents is 1. The molecule has 0 saturated carbocycles. The standard InChI is InChI=1S/C13H9N5O4/c19-17-9-5-6-10-12(15-16-22-10)11(9)14-13(17)7-1-3-8(4-2-7)18(20)21/h1-4,19H,5-6H2. The Morgan fingerprint density at radius 3 is 2.73 bits per heavy atom. The Bertz CT molecular complexity index is 880. The highest BCUT2D eigenvalue weighted by molar-refractivity contribution is 5.68.